The molecule has 0 spiro atoms. The predicted octanol–water partition coefficient (Wildman–Crippen LogP) is 0.818. The fourth-order valence-corrected chi connectivity index (χ4v) is 4.07. The van der Waals surface area contributed by atoms with Crippen molar-refractivity contribution >= 4 is 46.7 Å². The Morgan fingerprint density at radius 2 is 1.51 bits per heavy atom. The SMILES string of the molecule is Nc1nc(O)c2cc(CCCc3ccc(C(=O)N[C@@H](CCC(=O)N[C@@H](CCC(=O)O)C(=O)O)C(=O)O)cc3)[nH]c2n1. The highest BCUT2D eigenvalue weighted by Gasteiger charge is 2.24. The zero-order valence-electron chi connectivity index (χ0n) is 21.8. The molecule has 9 N–H and O–H groups in total. The summed E-state index contributed by atoms with van der Waals surface area (Å²) in [4.78, 5) is 69.1. The van der Waals surface area contributed by atoms with Gasteiger partial charge in [-0.1, -0.05) is 12.1 Å². The number of aromatic amines is 1. The smallest absolute Gasteiger partial charge is 0.326 e. The Morgan fingerprint density at radius 3 is 2.15 bits per heavy atom. The number of aryl methyl sites for hydroxylation is 2. The molecule has 1 aromatic carbocycles. The van der Waals surface area contributed by atoms with E-state index in [1.807, 2.05) is 0 Å². The van der Waals surface area contributed by atoms with Crippen LogP contribution in [-0.2, 0) is 32.0 Å². The first-order chi connectivity index (χ1) is 19.4. The van der Waals surface area contributed by atoms with Gasteiger partial charge in [0, 0.05) is 24.1 Å². The number of nitrogens with two attached hydrogens (primary N) is 1. The van der Waals surface area contributed by atoms with Crippen molar-refractivity contribution in [3.8, 4) is 5.88 Å². The number of hydrogen-bond acceptors (Lipinski definition) is 9. The van der Waals surface area contributed by atoms with Crippen molar-refractivity contribution in [2.45, 2.75) is 57.0 Å². The number of carbonyl (C=O) groups excluding carboxylic acids is 2. The average molecular weight is 571 g/mol. The van der Waals surface area contributed by atoms with Crippen LogP contribution in [0.1, 0.15) is 53.7 Å². The minimum atomic E-state index is -1.43. The van der Waals surface area contributed by atoms with Crippen molar-refractivity contribution < 1.29 is 44.4 Å². The number of nitrogens with zero attached hydrogens (tertiary/aromatic N) is 2. The van der Waals surface area contributed by atoms with Gasteiger partial charge in [-0.25, -0.2) is 9.59 Å². The van der Waals surface area contributed by atoms with E-state index < -0.39 is 54.6 Å². The van der Waals surface area contributed by atoms with Crippen molar-refractivity contribution in [1.29, 1.82) is 0 Å². The molecule has 41 heavy (non-hydrogen) atoms. The fraction of sp³-hybridized carbons (Fsp3) is 0.346. The molecule has 0 radical (unpaired) electrons. The van der Waals surface area contributed by atoms with Crippen molar-refractivity contribution in [2.24, 2.45) is 0 Å². The van der Waals surface area contributed by atoms with E-state index in [4.69, 9.17) is 15.9 Å². The van der Waals surface area contributed by atoms with Crippen LogP contribution in [0.3, 0.4) is 0 Å². The molecular weight excluding hydrogens is 540 g/mol. The number of carboxylic acids is 3. The number of fused-ring (bicyclic) bond motifs is 1. The van der Waals surface area contributed by atoms with Crippen LogP contribution in [0.25, 0.3) is 11.0 Å². The van der Waals surface area contributed by atoms with Gasteiger partial charge in [-0.2, -0.15) is 9.97 Å². The number of carbonyl (C=O) groups is 5. The van der Waals surface area contributed by atoms with Gasteiger partial charge in [0.1, 0.15) is 17.7 Å². The molecule has 3 aromatic rings. The Kier molecular flexibility index (Phi) is 10.2. The molecular formula is C26H30N6O9. The van der Waals surface area contributed by atoms with Gasteiger partial charge in [0.25, 0.3) is 5.91 Å². The van der Waals surface area contributed by atoms with Crippen LogP contribution < -0.4 is 16.4 Å². The predicted molar refractivity (Wildman–Crippen MR) is 143 cm³/mol. The van der Waals surface area contributed by atoms with Crippen LogP contribution in [-0.4, -0.2) is 77.2 Å². The number of aromatic hydroxyl groups is 1. The van der Waals surface area contributed by atoms with Crippen molar-refractivity contribution in [1.82, 2.24) is 25.6 Å². The molecule has 3 rings (SSSR count). The Bertz CT molecular complexity index is 1440. The Hall–Kier alpha value is -5.21. The number of benzene rings is 1. The third kappa shape index (κ3) is 8.91. The number of aliphatic carboxylic acids is 3. The number of hydrogen-bond donors (Lipinski definition) is 8. The quantitative estimate of drug-likeness (QED) is 0.126. The molecule has 0 aliphatic rings. The number of anilines is 1. The number of carboxylic acid groups (broad SMARTS) is 3. The summed E-state index contributed by atoms with van der Waals surface area (Å²) in [5.74, 6) is -5.68. The lowest BCUT2D eigenvalue weighted by Gasteiger charge is -2.16. The molecule has 0 fully saturated rings. The summed E-state index contributed by atoms with van der Waals surface area (Å²) in [5.41, 5.74) is 7.99. The molecule has 0 saturated heterocycles. The zero-order valence-corrected chi connectivity index (χ0v) is 21.8. The number of amides is 2. The highest BCUT2D eigenvalue weighted by Crippen LogP contribution is 2.23. The highest BCUT2D eigenvalue weighted by atomic mass is 16.4. The largest absolute Gasteiger partial charge is 0.493 e. The molecule has 218 valence electrons. The maximum absolute atomic E-state index is 12.6. The minimum absolute atomic E-state index is 0.0356. The number of H-pyrrole nitrogens is 1. The molecule has 2 atom stereocenters. The van der Waals surface area contributed by atoms with E-state index in [9.17, 15) is 34.2 Å². The van der Waals surface area contributed by atoms with Crippen LogP contribution >= 0.6 is 0 Å². The first kappa shape index (κ1) is 30.3. The molecule has 2 amide bonds. The standard InChI is InChI=1S/C26H30N6O9/c27-26-31-21-16(23(37)32-26)12-15(28-21)3-1-2-13-4-6-14(7-5-13)22(36)30-18(25(40)41)8-10-19(33)29-17(24(38)39)9-11-20(34)35/h4-7,12,17-18H,1-3,8-11H2,(H,29,33)(H,30,36)(H,34,35)(H,38,39)(H,40,41)(H4,27,28,31,32,37)/t17-,18-/m0/s1. The molecule has 15 nitrogen and oxygen atoms in total. The fourth-order valence-electron chi connectivity index (χ4n) is 4.07. The highest BCUT2D eigenvalue weighted by molar-refractivity contribution is 5.96. The van der Waals surface area contributed by atoms with Crippen molar-refractivity contribution in [2.75, 3.05) is 5.73 Å². The Labute approximate surface area is 232 Å². The van der Waals surface area contributed by atoms with E-state index in [2.05, 4.69) is 25.6 Å². The maximum Gasteiger partial charge on any atom is 0.326 e. The second-order valence-electron chi connectivity index (χ2n) is 9.31. The second-order valence-corrected chi connectivity index (χ2v) is 9.31. The van der Waals surface area contributed by atoms with Gasteiger partial charge in [0.15, 0.2) is 0 Å². The van der Waals surface area contributed by atoms with Crippen LogP contribution in [0.2, 0.25) is 0 Å². The van der Waals surface area contributed by atoms with E-state index in [1.165, 1.54) is 0 Å². The molecule has 2 aromatic heterocycles. The van der Waals surface area contributed by atoms with Gasteiger partial charge in [0.2, 0.25) is 17.7 Å². The third-order valence-corrected chi connectivity index (χ3v) is 6.21. The van der Waals surface area contributed by atoms with Gasteiger partial charge in [-0.15, -0.1) is 0 Å². The van der Waals surface area contributed by atoms with E-state index in [0.29, 0.717) is 23.9 Å². The Morgan fingerprint density at radius 1 is 0.878 bits per heavy atom. The summed E-state index contributed by atoms with van der Waals surface area (Å²) >= 11 is 0. The van der Waals surface area contributed by atoms with Gasteiger partial charge in [-0.05, 0) is 55.9 Å². The number of rotatable bonds is 15. The van der Waals surface area contributed by atoms with E-state index >= 15 is 0 Å². The Balaban J connectivity index is 1.48. The van der Waals surface area contributed by atoms with E-state index in [-0.39, 0.29) is 30.2 Å². The second kappa shape index (κ2) is 13.7. The summed E-state index contributed by atoms with van der Waals surface area (Å²) < 4.78 is 0. The van der Waals surface area contributed by atoms with E-state index in [0.717, 1.165) is 17.7 Å². The lowest BCUT2D eigenvalue weighted by atomic mass is 10.0. The normalized spacial score (nSPS) is 12.4. The zero-order chi connectivity index (χ0) is 30.1. The van der Waals surface area contributed by atoms with Crippen LogP contribution in [0, 0.1) is 0 Å². The lowest BCUT2D eigenvalue weighted by molar-refractivity contribution is -0.143. The van der Waals surface area contributed by atoms with Crippen molar-refractivity contribution in [3.63, 3.8) is 0 Å². The summed E-state index contributed by atoms with van der Waals surface area (Å²) in [6.07, 6.45) is 0.564. The summed E-state index contributed by atoms with van der Waals surface area (Å²) in [6, 6.07) is 5.50. The molecule has 0 saturated carbocycles. The third-order valence-electron chi connectivity index (χ3n) is 6.21. The molecule has 0 unspecified atom stereocenters. The topological polar surface area (TPSA) is 258 Å². The van der Waals surface area contributed by atoms with E-state index in [1.54, 1.807) is 30.3 Å². The molecule has 2 heterocycles. The van der Waals surface area contributed by atoms with Gasteiger partial charge in [-0.3, -0.25) is 14.4 Å². The monoisotopic (exact) mass is 570 g/mol. The number of nitrogen functional groups attached to an aromatic ring is 1. The van der Waals surface area contributed by atoms with Crippen LogP contribution in [0.15, 0.2) is 30.3 Å². The maximum atomic E-state index is 12.6. The average Bonchev–Trinajstić information content (AvgIpc) is 3.31. The summed E-state index contributed by atoms with van der Waals surface area (Å²) in [7, 11) is 0. The lowest BCUT2D eigenvalue weighted by Crippen LogP contribution is -2.44. The minimum Gasteiger partial charge on any atom is -0.493 e. The summed E-state index contributed by atoms with van der Waals surface area (Å²) in [5, 5.41) is 42.2. The first-order valence-corrected chi connectivity index (χ1v) is 12.6. The molecule has 0 aliphatic carbocycles. The molecule has 15 heteroatoms. The number of nitrogens with one attached hydrogen (secondary N) is 3. The van der Waals surface area contributed by atoms with Crippen LogP contribution in [0.5, 0.6) is 5.88 Å². The van der Waals surface area contributed by atoms with Gasteiger partial charge in [0.05, 0.1) is 5.39 Å². The summed E-state index contributed by atoms with van der Waals surface area (Å²) in [6.45, 7) is 0. The number of aromatic nitrogens is 3. The van der Waals surface area contributed by atoms with Gasteiger partial charge < -0.3 is 41.8 Å². The van der Waals surface area contributed by atoms with Gasteiger partial charge >= 0.3 is 17.9 Å². The van der Waals surface area contributed by atoms with Crippen LogP contribution in [0.4, 0.5) is 5.95 Å². The molecule has 0 aliphatic heterocycles. The molecule has 0 bridgehead atoms. The van der Waals surface area contributed by atoms with Crippen molar-refractivity contribution in [3.05, 3.63) is 47.2 Å². The first-order valence-electron chi connectivity index (χ1n) is 12.6.